The van der Waals surface area contributed by atoms with Crippen molar-refractivity contribution in [3.05, 3.63) is 66.2 Å². The third kappa shape index (κ3) is 1.65. The average Bonchev–Trinajstić information content (AvgIpc) is 2.40. The third-order valence-electron chi connectivity index (χ3n) is 3.28. The lowest BCUT2D eigenvalue weighted by molar-refractivity contribution is 0.483. The SMILES string of the molecule is Cc1cc2ccccc2c(O)c1-c1ccccc1. The van der Waals surface area contributed by atoms with Crippen molar-refractivity contribution in [2.24, 2.45) is 0 Å². The highest BCUT2D eigenvalue weighted by molar-refractivity contribution is 5.96. The van der Waals surface area contributed by atoms with Gasteiger partial charge in [0.05, 0.1) is 0 Å². The lowest BCUT2D eigenvalue weighted by Crippen LogP contribution is -1.86. The fourth-order valence-corrected chi connectivity index (χ4v) is 2.43. The van der Waals surface area contributed by atoms with Crippen molar-refractivity contribution in [1.29, 1.82) is 0 Å². The van der Waals surface area contributed by atoms with Crippen LogP contribution in [0, 0.1) is 6.92 Å². The quantitative estimate of drug-likeness (QED) is 0.656. The number of phenols is 1. The van der Waals surface area contributed by atoms with Crippen molar-refractivity contribution in [1.82, 2.24) is 0 Å². The number of hydrogen-bond donors (Lipinski definition) is 1. The van der Waals surface area contributed by atoms with Gasteiger partial charge in [-0.1, -0.05) is 60.7 Å². The van der Waals surface area contributed by atoms with Crippen LogP contribution in [-0.2, 0) is 0 Å². The first-order chi connectivity index (χ1) is 8.77. The maximum Gasteiger partial charge on any atom is 0.131 e. The second-order valence-electron chi connectivity index (χ2n) is 4.50. The van der Waals surface area contributed by atoms with E-state index in [9.17, 15) is 5.11 Å². The highest BCUT2D eigenvalue weighted by Crippen LogP contribution is 2.38. The molecule has 1 nitrogen and oxygen atoms in total. The first-order valence-corrected chi connectivity index (χ1v) is 6.04. The first-order valence-electron chi connectivity index (χ1n) is 6.04. The maximum atomic E-state index is 10.5. The molecule has 0 bridgehead atoms. The van der Waals surface area contributed by atoms with Gasteiger partial charge in [-0.3, -0.25) is 0 Å². The zero-order valence-corrected chi connectivity index (χ0v) is 10.2. The van der Waals surface area contributed by atoms with Crippen molar-refractivity contribution in [2.45, 2.75) is 6.92 Å². The monoisotopic (exact) mass is 234 g/mol. The molecule has 0 heterocycles. The molecule has 3 aromatic rings. The molecule has 3 rings (SSSR count). The summed E-state index contributed by atoms with van der Waals surface area (Å²) in [6.45, 7) is 2.04. The second kappa shape index (κ2) is 4.19. The second-order valence-corrected chi connectivity index (χ2v) is 4.50. The number of fused-ring (bicyclic) bond motifs is 1. The topological polar surface area (TPSA) is 20.2 Å². The minimum absolute atomic E-state index is 0.372. The summed E-state index contributed by atoms with van der Waals surface area (Å²) in [4.78, 5) is 0. The molecule has 88 valence electrons. The van der Waals surface area contributed by atoms with Crippen LogP contribution in [0.4, 0.5) is 0 Å². The van der Waals surface area contributed by atoms with Crippen LogP contribution in [0.2, 0.25) is 0 Å². The van der Waals surface area contributed by atoms with E-state index in [0.29, 0.717) is 5.75 Å². The fraction of sp³-hybridized carbons (Fsp3) is 0.0588. The van der Waals surface area contributed by atoms with Crippen molar-refractivity contribution in [2.75, 3.05) is 0 Å². The molecule has 18 heavy (non-hydrogen) atoms. The van der Waals surface area contributed by atoms with Gasteiger partial charge in [0.15, 0.2) is 0 Å². The fourth-order valence-electron chi connectivity index (χ4n) is 2.43. The Labute approximate surface area is 106 Å². The van der Waals surface area contributed by atoms with Crippen LogP contribution in [0.25, 0.3) is 21.9 Å². The Bertz CT molecular complexity index is 699. The Morgan fingerprint density at radius 1 is 0.833 bits per heavy atom. The molecular formula is C17H14O. The molecule has 0 spiro atoms. The van der Waals surface area contributed by atoms with Crippen LogP contribution in [0.5, 0.6) is 5.75 Å². The molecule has 0 amide bonds. The van der Waals surface area contributed by atoms with Gasteiger partial charge in [-0.2, -0.15) is 0 Å². The summed E-state index contributed by atoms with van der Waals surface area (Å²) < 4.78 is 0. The van der Waals surface area contributed by atoms with E-state index in [1.165, 1.54) is 0 Å². The summed E-state index contributed by atoms with van der Waals surface area (Å²) in [6, 6.07) is 20.1. The Hall–Kier alpha value is -2.28. The molecule has 0 unspecified atom stereocenters. The number of aromatic hydroxyl groups is 1. The molecule has 0 saturated heterocycles. The van der Waals surface area contributed by atoms with E-state index in [4.69, 9.17) is 0 Å². The lowest BCUT2D eigenvalue weighted by Gasteiger charge is -2.12. The smallest absolute Gasteiger partial charge is 0.131 e. The number of rotatable bonds is 1. The van der Waals surface area contributed by atoms with Crippen LogP contribution in [0.15, 0.2) is 60.7 Å². The van der Waals surface area contributed by atoms with E-state index in [-0.39, 0.29) is 0 Å². The predicted molar refractivity (Wildman–Crippen MR) is 75.8 cm³/mol. The Morgan fingerprint density at radius 2 is 1.50 bits per heavy atom. The Balaban J connectivity index is 2.37. The molecule has 0 atom stereocenters. The molecule has 0 aliphatic carbocycles. The van der Waals surface area contributed by atoms with Crippen molar-refractivity contribution < 1.29 is 5.11 Å². The summed E-state index contributed by atoms with van der Waals surface area (Å²) in [7, 11) is 0. The van der Waals surface area contributed by atoms with Gasteiger partial charge in [0.2, 0.25) is 0 Å². The minimum Gasteiger partial charge on any atom is -0.507 e. The summed E-state index contributed by atoms with van der Waals surface area (Å²) in [5.74, 6) is 0.372. The molecule has 0 radical (unpaired) electrons. The van der Waals surface area contributed by atoms with E-state index in [1.807, 2.05) is 61.5 Å². The number of phenolic OH excluding ortho intramolecular Hbond substituents is 1. The van der Waals surface area contributed by atoms with Crippen molar-refractivity contribution >= 4 is 10.8 Å². The maximum absolute atomic E-state index is 10.5. The summed E-state index contributed by atoms with van der Waals surface area (Å²) in [5, 5.41) is 12.5. The summed E-state index contributed by atoms with van der Waals surface area (Å²) in [5.41, 5.74) is 3.07. The van der Waals surface area contributed by atoms with E-state index in [1.54, 1.807) is 0 Å². The normalized spacial score (nSPS) is 10.7. The molecule has 3 aromatic carbocycles. The lowest BCUT2D eigenvalue weighted by atomic mass is 9.95. The van der Waals surface area contributed by atoms with Gasteiger partial charge in [-0.25, -0.2) is 0 Å². The van der Waals surface area contributed by atoms with Gasteiger partial charge >= 0.3 is 0 Å². The van der Waals surface area contributed by atoms with E-state index >= 15 is 0 Å². The predicted octanol–water partition coefficient (Wildman–Crippen LogP) is 4.52. The zero-order valence-electron chi connectivity index (χ0n) is 10.2. The van der Waals surface area contributed by atoms with Gasteiger partial charge in [0, 0.05) is 10.9 Å². The van der Waals surface area contributed by atoms with Gasteiger partial charge in [-0.15, -0.1) is 0 Å². The average molecular weight is 234 g/mol. The van der Waals surface area contributed by atoms with E-state index in [2.05, 4.69) is 6.07 Å². The van der Waals surface area contributed by atoms with Crippen molar-refractivity contribution in [3.8, 4) is 16.9 Å². The van der Waals surface area contributed by atoms with Crippen molar-refractivity contribution in [3.63, 3.8) is 0 Å². The number of benzene rings is 3. The number of hydrogen-bond acceptors (Lipinski definition) is 1. The molecule has 0 aromatic heterocycles. The largest absolute Gasteiger partial charge is 0.507 e. The highest BCUT2D eigenvalue weighted by atomic mass is 16.3. The minimum atomic E-state index is 0.372. The zero-order chi connectivity index (χ0) is 12.5. The molecule has 0 aliphatic rings. The molecule has 0 aliphatic heterocycles. The first kappa shape index (κ1) is 10.8. The van der Waals surface area contributed by atoms with E-state index in [0.717, 1.165) is 27.5 Å². The standard InChI is InChI=1S/C17H14O/c1-12-11-14-9-5-6-10-15(14)17(18)16(12)13-7-3-2-4-8-13/h2-11,18H,1H3. The van der Waals surface area contributed by atoms with Gasteiger partial charge in [0.25, 0.3) is 0 Å². The molecular weight excluding hydrogens is 220 g/mol. The van der Waals surface area contributed by atoms with E-state index < -0.39 is 0 Å². The van der Waals surface area contributed by atoms with Crippen LogP contribution >= 0.6 is 0 Å². The molecule has 1 N–H and O–H groups in total. The molecule has 0 saturated carbocycles. The van der Waals surface area contributed by atoms with Crippen LogP contribution in [0.1, 0.15) is 5.56 Å². The molecule has 1 heteroatoms. The van der Waals surface area contributed by atoms with Crippen LogP contribution in [0.3, 0.4) is 0 Å². The van der Waals surface area contributed by atoms with Gasteiger partial charge in [-0.05, 0) is 23.4 Å². The van der Waals surface area contributed by atoms with Gasteiger partial charge < -0.3 is 5.11 Å². The van der Waals surface area contributed by atoms with Crippen LogP contribution < -0.4 is 0 Å². The Kier molecular flexibility index (Phi) is 2.52. The highest BCUT2D eigenvalue weighted by Gasteiger charge is 2.11. The third-order valence-corrected chi connectivity index (χ3v) is 3.28. The number of aryl methyl sites for hydroxylation is 1. The summed E-state index contributed by atoms with van der Waals surface area (Å²) in [6.07, 6.45) is 0. The van der Waals surface area contributed by atoms with Gasteiger partial charge in [0.1, 0.15) is 5.75 Å². The molecule has 0 fully saturated rings. The summed E-state index contributed by atoms with van der Waals surface area (Å²) >= 11 is 0. The van der Waals surface area contributed by atoms with Crippen LogP contribution in [-0.4, -0.2) is 5.11 Å². The Morgan fingerprint density at radius 3 is 2.28 bits per heavy atom.